The predicted molar refractivity (Wildman–Crippen MR) is 88.9 cm³/mol. The summed E-state index contributed by atoms with van der Waals surface area (Å²) in [5.41, 5.74) is 3.79. The van der Waals surface area contributed by atoms with Gasteiger partial charge in [0.25, 0.3) is 0 Å². The van der Waals surface area contributed by atoms with Crippen LogP contribution in [-0.2, 0) is 13.0 Å². The number of hydrogen-bond donors (Lipinski definition) is 1. The lowest BCUT2D eigenvalue weighted by Crippen LogP contribution is -2.17. The smallest absolute Gasteiger partial charge is 0.132 e. The van der Waals surface area contributed by atoms with Gasteiger partial charge in [-0.3, -0.25) is 0 Å². The van der Waals surface area contributed by atoms with Crippen molar-refractivity contribution >= 4 is 22.5 Å². The molecule has 1 aromatic heterocycles. The fraction of sp³-hybridized carbons (Fsp3) is 0.222. The molecule has 0 amide bonds. The summed E-state index contributed by atoms with van der Waals surface area (Å²) in [7, 11) is 0. The van der Waals surface area contributed by atoms with Gasteiger partial charge in [0.2, 0.25) is 0 Å². The van der Waals surface area contributed by atoms with E-state index in [2.05, 4.69) is 28.1 Å². The fourth-order valence-electron chi connectivity index (χ4n) is 3.24. The minimum atomic E-state index is -0.281. The topological polar surface area (TPSA) is 17.0 Å². The van der Waals surface area contributed by atoms with Gasteiger partial charge in [0.15, 0.2) is 0 Å². The second-order valence-electron chi connectivity index (χ2n) is 5.66. The van der Waals surface area contributed by atoms with Gasteiger partial charge >= 0.3 is 0 Å². The standard InChI is InChI=1S/C18H16ClFN2/c19-15-2-1-3-16(20)18(15)13-5-4-12-10-14-6-7-21-8-9-22(14)17(12)11-13/h1-5,10-11,21H,6-9H2. The summed E-state index contributed by atoms with van der Waals surface area (Å²) in [5, 5.41) is 5.06. The molecule has 4 heteroatoms. The van der Waals surface area contributed by atoms with Crippen LogP contribution in [0.25, 0.3) is 22.0 Å². The molecule has 0 bridgehead atoms. The Morgan fingerprint density at radius 1 is 1.09 bits per heavy atom. The van der Waals surface area contributed by atoms with Gasteiger partial charge in [-0.25, -0.2) is 4.39 Å². The third-order valence-electron chi connectivity index (χ3n) is 4.31. The zero-order valence-corrected chi connectivity index (χ0v) is 12.8. The maximum absolute atomic E-state index is 14.2. The second-order valence-corrected chi connectivity index (χ2v) is 6.06. The highest BCUT2D eigenvalue weighted by Crippen LogP contribution is 2.33. The molecule has 2 nitrogen and oxygen atoms in total. The van der Waals surface area contributed by atoms with Crippen molar-refractivity contribution in [1.82, 2.24) is 9.88 Å². The van der Waals surface area contributed by atoms with Crippen LogP contribution < -0.4 is 5.32 Å². The zero-order valence-electron chi connectivity index (χ0n) is 12.1. The number of hydrogen-bond acceptors (Lipinski definition) is 1. The van der Waals surface area contributed by atoms with Crippen molar-refractivity contribution in [3.8, 4) is 11.1 Å². The molecule has 1 aliphatic heterocycles. The minimum absolute atomic E-state index is 0.281. The van der Waals surface area contributed by atoms with Crippen LogP contribution in [0.4, 0.5) is 4.39 Å². The van der Waals surface area contributed by atoms with Crippen molar-refractivity contribution in [2.75, 3.05) is 13.1 Å². The molecule has 0 saturated carbocycles. The summed E-state index contributed by atoms with van der Waals surface area (Å²) in [6.07, 6.45) is 1.02. The van der Waals surface area contributed by atoms with Gasteiger partial charge in [-0.2, -0.15) is 0 Å². The number of halogens is 2. The first-order valence-electron chi connectivity index (χ1n) is 7.51. The Morgan fingerprint density at radius 2 is 2.00 bits per heavy atom. The summed E-state index contributed by atoms with van der Waals surface area (Å²) < 4.78 is 16.5. The summed E-state index contributed by atoms with van der Waals surface area (Å²) in [6, 6.07) is 13.1. The number of rotatable bonds is 1. The highest BCUT2D eigenvalue weighted by atomic mass is 35.5. The Morgan fingerprint density at radius 3 is 2.86 bits per heavy atom. The summed E-state index contributed by atoms with van der Waals surface area (Å²) in [4.78, 5) is 0. The molecule has 2 aromatic carbocycles. The van der Waals surface area contributed by atoms with Crippen LogP contribution in [0.3, 0.4) is 0 Å². The number of nitrogens with one attached hydrogen (secondary N) is 1. The first-order valence-corrected chi connectivity index (χ1v) is 7.89. The number of nitrogens with zero attached hydrogens (tertiary/aromatic N) is 1. The van der Waals surface area contributed by atoms with E-state index in [1.165, 1.54) is 17.1 Å². The normalized spacial score (nSPS) is 14.8. The molecular formula is C18H16ClFN2. The molecule has 0 saturated heterocycles. The van der Waals surface area contributed by atoms with E-state index >= 15 is 0 Å². The van der Waals surface area contributed by atoms with E-state index in [0.717, 1.165) is 37.1 Å². The predicted octanol–water partition coefficient (Wildman–Crippen LogP) is 4.25. The Bertz CT molecular complexity index is 833. The third kappa shape index (κ3) is 2.21. The maximum atomic E-state index is 14.2. The summed E-state index contributed by atoms with van der Waals surface area (Å²) in [6.45, 7) is 2.90. The maximum Gasteiger partial charge on any atom is 0.132 e. The van der Waals surface area contributed by atoms with Crippen molar-refractivity contribution in [2.45, 2.75) is 13.0 Å². The van der Waals surface area contributed by atoms with Crippen LogP contribution in [0.15, 0.2) is 42.5 Å². The summed E-state index contributed by atoms with van der Waals surface area (Å²) in [5.74, 6) is -0.281. The summed E-state index contributed by atoms with van der Waals surface area (Å²) >= 11 is 6.20. The monoisotopic (exact) mass is 314 g/mol. The average Bonchev–Trinajstić information content (AvgIpc) is 2.68. The van der Waals surface area contributed by atoms with Gasteiger partial charge in [-0.15, -0.1) is 0 Å². The number of benzene rings is 2. The molecule has 2 heterocycles. The Kier molecular flexibility index (Phi) is 3.40. The third-order valence-corrected chi connectivity index (χ3v) is 4.63. The molecule has 4 rings (SSSR count). The zero-order chi connectivity index (χ0) is 15.1. The first-order chi connectivity index (χ1) is 10.7. The Hall–Kier alpha value is -1.84. The van der Waals surface area contributed by atoms with Crippen molar-refractivity contribution in [1.29, 1.82) is 0 Å². The quantitative estimate of drug-likeness (QED) is 0.710. The van der Waals surface area contributed by atoms with Gasteiger partial charge in [0.1, 0.15) is 5.82 Å². The van der Waals surface area contributed by atoms with Crippen LogP contribution in [0.5, 0.6) is 0 Å². The first kappa shape index (κ1) is 13.8. The highest BCUT2D eigenvalue weighted by Gasteiger charge is 2.14. The van der Waals surface area contributed by atoms with Gasteiger partial charge in [0.05, 0.1) is 5.02 Å². The molecule has 0 spiro atoms. The second kappa shape index (κ2) is 5.41. The van der Waals surface area contributed by atoms with E-state index in [1.807, 2.05) is 6.07 Å². The van der Waals surface area contributed by atoms with Gasteiger partial charge in [0, 0.05) is 42.8 Å². The van der Waals surface area contributed by atoms with E-state index in [-0.39, 0.29) is 5.82 Å². The fourth-order valence-corrected chi connectivity index (χ4v) is 3.52. The number of aromatic nitrogens is 1. The van der Waals surface area contributed by atoms with Crippen molar-refractivity contribution < 1.29 is 4.39 Å². The SMILES string of the molecule is Fc1cccc(Cl)c1-c1ccc2cc3n(c2c1)CCNCC3. The average molecular weight is 315 g/mol. The molecule has 3 aromatic rings. The van der Waals surface area contributed by atoms with E-state index in [4.69, 9.17) is 11.6 Å². The van der Waals surface area contributed by atoms with Crippen LogP contribution in [0.1, 0.15) is 5.69 Å². The molecule has 0 atom stereocenters. The molecule has 0 fully saturated rings. The molecular weight excluding hydrogens is 299 g/mol. The lowest BCUT2D eigenvalue weighted by Gasteiger charge is -2.09. The van der Waals surface area contributed by atoms with E-state index in [0.29, 0.717) is 10.6 Å². The van der Waals surface area contributed by atoms with E-state index in [1.54, 1.807) is 12.1 Å². The number of fused-ring (bicyclic) bond motifs is 3. The van der Waals surface area contributed by atoms with Crippen molar-refractivity contribution in [3.63, 3.8) is 0 Å². The van der Waals surface area contributed by atoms with Gasteiger partial charge in [-0.1, -0.05) is 29.8 Å². The molecule has 0 unspecified atom stereocenters. The van der Waals surface area contributed by atoms with Gasteiger partial charge < -0.3 is 9.88 Å². The molecule has 1 N–H and O–H groups in total. The van der Waals surface area contributed by atoms with Crippen LogP contribution in [0, 0.1) is 5.82 Å². The van der Waals surface area contributed by atoms with Crippen molar-refractivity contribution in [2.24, 2.45) is 0 Å². The lowest BCUT2D eigenvalue weighted by atomic mass is 10.0. The van der Waals surface area contributed by atoms with Gasteiger partial charge in [-0.05, 0) is 35.2 Å². The molecule has 22 heavy (non-hydrogen) atoms. The van der Waals surface area contributed by atoms with E-state index < -0.39 is 0 Å². The molecule has 0 radical (unpaired) electrons. The van der Waals surface area contributed by atoms with Crippen LogP contribution >= 0.6 is 11.6 Å². The largest absolute Gasteiger partial charge is 0.343 e. The minimum Gasteiger partial charge on any atom is -0.343 e. The molecule has 0 aliphatic carbocycles. The Balaban J connectivity index is 1.92. The molecule has 112 valence electrons. The molecule has 1 aliphatic rings. The lowest BCUT2D eigenvalue weighted by molar-refractivity contribution is 0.631. The Labute approximate surface area is 133 Å². The van der Waals surface area contributed by atoms with Crippen LogP contribution in [-0.4, -0.2) is 17.7 Å². The highest BCUT2D eigenvalue weighted by molar-refractivity contribution is 6.33. The van der Waals surface area contributed by atoms with Crippen molar-refractivity contribution in [3.05, 3.63) is 59.0 Å². The van der Waals surface area contributed by atoms with Crippen LogP contribution in [0.2, 0.25) is 5.02 Å². The van der Waals surface area contributed by atoms with E-state index in [9.17, 15) is 4.39 Å².